The molecule has 0 radical (unpaired) electrons. The molecule has 1 aromatic carbocycles. The molecular formula is C18H18F3N3O3. The van der Waals surface area contributed by atoms with Crippen molar-refractivity contribution in [2.45, 2.75) is 12.8 Å². The molecular weight excluding hydrogens is 363 g/mol. The highest BCUT2D eigenvalue weighted by Crippen LogP contribution is 2.34. The Morgan fingerprint density at radius 2 is 1.70 bits per heavy atom. The molecule has 27 heavy (non-hydrogen) atoms. The first-order chi connectivity index (χ1) is 12.8. The van der Waals surface area contributed by atoms with E-state index in [9.17, 15) is 27.6 Å². The molecule has 144 valence electrons. The van der Waals surface area contributed by atoms with E-state index in [2.05, 4.69) is 5.32 Å². The van der Waals surface area contributed by atoms with Crippen LogP contribution in [0.1, 0.15) is 12.8 Å². The zero-order chi connectivity index (χ0) is 19.7. The summed E-state index contributed by atoms with van der Waals surface area (Å²) in [7, 11) is 1.52. The van der Waals surface area contributed by atoms with E-state index in [1.807, 2.05) is 12.2 Å². The number of carbonyl (C=O) groups excluding carboxylic acids is 3. The molecule has 1 aromatic rings. The lowest BCUT2D eigenvalue weighted by Crippen LogP contribution is -2.43. The van der Waals surface area contributed by atoms with Crippen LogP contribution in [0, 0.1) is 29.3 Å². The Labute approximate surface area is 153 Å². The van der Waals surface area contributed by atoms with Gasteiger partial charge in [0, 0.05) is 0 Å². The Hall–Kier alpha value is -2.68. The van der Waals surface area contributed by atoms with E-state index in [-0.39, 0.29) is 36.9 Å². The molecule has 1 N–H and O–H groups in total. The van der Waals surface area contributed by atoms with Gasteiger partial charge in [0.2, 0.25) is 17.7 Å². The van der Waals surface area contributed by atoms with Gasteiger partial charge in [-0.25, -0.2) is 13.2 Å². The van der Waals surface area contributed by atoms with Crippen molar-refractivity contribution in [2.24, 2.45) is 11.8 Å². The molecule has 1 heterocycles. The Balaban J connectivity index is 1.59. The van der Waals surface area contributed by atoms with Crippen molar-refractivity contribution >= 4 is 23.4 Å². The van der Waals surface area contributed by atoms with Crippen LogP contribution < -0.4 is 5.32 Å². The number of hydrogen-bond donors (Lipinski definition) is 1. The predicted octanol–water partition coefficient (Wildman–Crippen LogP) is 1.88. The van der Waals surface area contributed by atoms with Crippen molar-refractivity contribution in [3.63, 3.8) is 0 Å². The monoisotopic (exact) mass is 381 g/mol. The molecule has 6 nitrogen and oxygen atoms in total. The molecule has 1 aliphatic heterocycles. The molecule has 0 saturated carbocycles. The number of amides is 3. The van der Waals surface area contributed by atoms with Crippen LogP contribution in [0.15, 0.2) is 24.3 Å². The van der Waals surface area contributed by atoms with Gasteiger partial charge in [0.1, 0.15) is 0 Å². The Bertz CT molecular complexity index is 802. The van der Waals surface area contributed by atoms with Crippen molar-refractivity contribution in [3.8, 4) is 0 Å². The third-order valence-electron chi connectivity index (χ3n) is 4.70. The van der Waals surface area contributed by atoms with Gasteiger partial charge >= 0.3 is 0 Å². The van der Waals surface area contributed by atoms with Crippen molar-refractivity contribution in [1.82, 2.24) is 9.80 Å². The number of carbonyl (C=O) groups is 3. The van der Waals surface area contributed by atoms with E-state index >= 15 is 0 Å². The van der Waals surface area contributed by atoms with Crippen LogP contribution in [0.5, 0.6) is 0 Å². The second-order valence-electron chi connectivity index (χ2n) is 6.69. The lowest BCUT2D eigenvalue weighted by molar-refractivity contribution is -0.142. The summed E-state index contributed by atoms with van der Waals surface area (Å²) in [6.07, 6.45) is 4.80. The van der Waals surface area contributed by atoms with Crippen LogP contribution in [0.3, 0.4) is 0 Å². The predicted molar refractivity (Wildman–Crippen MR) is 89.6 cm³/mol. The quantitative estimate of drug-likeness (QED) is 0.480. The molecule has 2 atom stereocenters. The average Bonchev–Trinajstić information content (AvgIpc) is 2.87. The van der Waals surface area contributed by atoms with Crippen LogP contribution in [0.4, 0.5) is 18.9 Å². The van der Waals surface area contributed by atoms with Gasteiger partial charge in [0.15, 0.2) is 17.5 Å². The van der Waals surface area contributed by atoms with Crippen LogP contribution in [0.2, 0.25) is 0 Å². The number of nitrogens with zero attached hydrogens (tertiary/aromatic N) is 2. The molecule has 2 aliphatic rings. The number of rotatable bonds is 5. The number of allylic oxidation sites excluding steroid dienone is 2. The minimum atomic E-state index is -1.68. The zero-order valence-corrected chi connectivity index (χ0v) is 14.5. The summed E-state index contributed by atoms with van der Waals surface area (Å²) in [6, 6.07) is 1.62. The summed E-state index contributed by atoms with van der Waals surface area (Å²) < 4.78 is 39.7. The van der Waals surface area contributed by atoms with Gasteiger partial charge in [-0.1, -0.05) is 12.2 Å². The average molecular weight is 381 g/mol. The molecule has 3 rings (SSSR count). The van der Waals surface area contributed by atoms with Gasteiger partial charge in [-0.15, -0.1) is 0 Å². The maximum atomic E-state index is 13.6. The number of fused-ring (bicyclic) bond motifs is 1. The van der Waals surface area contributed by atoms with Gasteiger partial charge in [-0.3, -0.25) is 24.2 Å². The standard InChI is InChI=1S/C18H18F3N3O3/c1-23(8-14(25)22-13-7-6-12(19)15(20)16(13)21)9-24-17(26)10-4-2-3-5-11(10)18(24)27/h2-3,6-7,10-11H,4-5,8-9H2,1H3,(H,22,25)/t10-,11+. The molecule has 0 spiro atoms. The third kappa shape index (κ3) is 3.73. The van der Waals surface area contributed by atoms with Crippen LogP contribution >= 0.6 is 0 Å². The highest BCUT2D eigenvalue weighted by atomic mass is 19.2. The topological polar surface area (TPSA) is 69.7 Å². The Morgan fingerprint density at radius 1 is 1.11 bits per heavy atom. The minimum absolute atomic E-state index is 0.0850. The summed E-state index contributed by atoms with van der Waals surface area (Å²) in [6.45, 7) is -0.360. The van der Waals surface area contributed by atoms with E-state index in [0.717, 1.165) is 11.0 Å². The van der Waals surface area contributed by atoms with Crippen molar-refractivity contribution in [3.05, 3.63) is 41.7 Å². The maximum Gasteiger partial charge on any atom is 0.238 e. The van der Waals surface area contributed by atoms with Gasteiger partial charge in [0.25, 0.3) is 0 Å². The number of hydrogen-bond acceptors (Lipinski definition) is 4. The van der Waals surface area contributed by atoms with Crippen molar-refractivity contribution in [2.75, 3.05) is 25.6 Å². The van der Waals surface area contributed by atoms with E-state index in [1.54, 1.807) is 0 Å². The summed E-state index contributed by atoms with van der Waals surface area (Å²) in [5.74, 6) is -6.48. The molecule has 1 saturated heterocycles. The first-order valence-corrected chi connectivity index (χ1v) is 8.41. The largest absolute Gasteiger partial charge is 0.322 e. The number of likely N-dealkylation sites (tertiary alicyclic amines) is 1. The number of nitrogens with one attached hydrogen (secondary N) is 1. The van der Waals surface area contributed by atoms with Crippen molar-refractivity contribution in [1.29, 1.82) is 0 Å². The van der Waals surface area contributed by atoms with E-state index in [1.165, 1.54) is 11.9 Å². The fraction of sp³-hybridized carbons (Fsp3) is 0.389. The zero-order valence-electron chi connectivity index (χ0n) is 14.5. The highest BCUT2D eigenvalue weighted by molar-refractivity contribution is 6.05. The Morgan fingerprint density at radius 3 is 2.30 bits per heavy atom. The lowest BCUT2D eigenvalue weighted by Gasteiger charge is -2.22. The second kappa shape index (κ2) is 7.51. The Kier molecular flexibility index (Phi) is 5.31. The van der Waals surface area contributed by atoms with Gasteiger partial charge in [-0.05, 0) is 32.0 Å². The summed E-state index contributed by atoms with van der Waals surface area (Å²) >= 11 is 0. The molecule has 0 unspecified atom stereocenters. The highest BCUT2D eigenvalue weighted by Gasteiger charge is 2.47. The normalized spacial score (nSPS) is 21.7. The number of imide groups is 1. The van der Waals surface area contributed by atoms with Gasteiger partial charge < -0.3 is 5.32 Å². The van der Waals surface area contributed by atoms with Crippen LogP contribution in [-0.2, 0) is 14.4 Å². The molecule has 3 amide bonds. The molecule has 0 bridgehead atoms. The number of halogens is 3. The molecule has 1 fully saturated rings. The van der Waals surface area contributed by atoms with E-state index < -0.39 is 29.0 Å². The fourth-order valence-electron chi connectivity index (χ4n) is 3.36. The van der Waals surface area contributed by atoms with Gasteiger partial charge in [0.05, 0.1) is 30.7 Å². The second-order valence-corrected chi connectivity index (χ2v) is 6.69. The number of likely N-dealkylation sites (N-methyl/N-ethyl adjacent to an activating group) is 1. The number of benzene rings is 1. The number of anilines is 1. The van der Waals surface area contributed by atoms with Crippen LogP contribution in [-0.4, -0.2) is 47.8 Å². The smallest absolute Gasteiger partial charge is 0.238 e. The molecule has 1 aliphatic carbocycles. The summed E-state index contributed by atoms with van der Waals surface area (Å²) in [4.78, 5) is 39.3. The van der Waals surface area contributed by atoms with Gasteiger partial charge in [-0.2, -0.15) is 0 Å². The first kappa shape index (κ1) is 19.1. The van der Waals surface area contributed by atoms with E-state index in [4.69, 9.17) is 0 Å². The first-order valence-electron chi connectivity index (χ1n) is 8.41. The minimum Gasteiger partial charge on any atom is -0.322 e. The van der Waals surface area contributed by atoms with E-state index in [0.29, 0.717) is 18.9 Å². The maximum absolute atomic E-state index is 13.6. The summed E-state index contributed by atoms with van der Waals surface area (Å²) in [5.41, 5.74) is -0.488. The molecule has 0 aromatic heterocycles. The third-order valence-corrected chi connectivity index (χ3v) is 4.70. The fourth-order valence-corrected chi connectivity index (χ4v) is 3.36. The summed E-state index contributed by atoms with van der Waals surface area (Å²) in [5, 5.41) is 2.15. The SMILES string of the molecule is CN(CC(=O)Nc1ccc(F)c(F)c1F)CN1C(=O)[C@H]2CC=CC[C@H]2C1=O. The van der Waals surface area contributed by atoms with Crippen molar-refractivity contribution < 1.29 is 27.6 Å². The lowest BCUT2D eigenvalue weighted by atomic mass is 9.85. The molecule has 9 heteroatoms. The van der Waals surface area contributed by atoms with Crippen LogP contribution in [0.25, 0.3) is 0 Å².